The van der Waals surface area contributed by atoms with Crippen molar-refractivity contribution < 1.29 is 4.74 Å². The summed E-state index contributed by atoms with van der Waals surface area (Å²) in [4.78, 5) is 3.00. The first kappa shape index (κ1) is 14.1. The monoisotopic (exact) mass is 296 g/mol. The molecular weight excluding hydrogens is 280 g/mol. The van der Waals surface area contributed by atoms with Crippen LogP contribution in [-0.2, 0) is 6.54 Å². The van der Waals surface area contributed by atoms with Gasteiger partial charge in [-0.3, -0.25) is 0 Å². The maximum Gasteiger partial charge on any atom is 0.208 e. The summed E-state index contributed by atoms with van der Waals surface area (Å²) >= 11 is 3.12. The molecule has 2 rings (SSSR count). The third-order valence-corrected chi connectivity index (χ3v) is 4.71. The van der Waals surface area contributed by atoms with Crippen molar-refractivity contribution in [2.24, 2.45) is 5.73 Å². The van der Waals surface area contributed by atoms with E-state index in [0.29, 0.717) is 6.54 Å². The lowest BCUT2D eigenvalue weighted by molar-refractivity contribution is 0.413. The highest BCUT2D eigenvalue weighted by atomic mass is 32.2. The van der Waals surface area contributed by atoms with Gasteiger partial charge in [0.05, 0.1) is 7.11 Å². The molecule has 1 aromatic heterocycles. The van der Waals surface area contributed by atoms with E-state index < -0.39 is 0 Å². The molecule has 0 saturated heterocycles. The van der Waals surface area contributed by atoms with E-state index in [-0.39, 0.29) is 0 Å². The summed E-state index contributed by atoms with van der Waals surface area (Å²) in [6, 6.07) is 5.87. The van der Waals surface area contributed by atoms with Crippen molar-refractivity contribution in [3.8, 4) is 5.75 Å². The Morgan fingerprint density at radius 3 is 2.74 bits per heavy atom. The second kappa shape index (κ2) is 6.23. The number of ether oxygens (including phenoxy) is 1. The molecule has 7 heteroatoms. The average molecular weight is 296 g/mol. The predicted molar refractivity (Wildman–Crippen MR) is 79.2 cm³/mol. The molecule has 0 aliphatic carbocycles. The Morgan fingerprint density at radius 1 is 1.37 bits per heavy atom. The van der Waals surface area contributed by atoms with Gasteiger partial charge in [-0.25, -0.2) is 0 Å². The molecule has 1 aromatic carbocycles. The Labute approximate surface area is 120 Å². The van der Waals surface area contributed by atoms with E-state index in [1.54, 1.807) is 30.2 Å². The van der Waals surface area contributed by atoms with Crippen molar-refractivity contribution in [2.75, 3.05) is 26.1 Å². The van der Waals surface area contributed by atoms with Gasteiger partial charge in [-0.15, -0.1) is 10.2 Å². The fraction of sp³-hybridized carbons (Fsp3) is 0.333. The number of benzene rings is 1. The number of hydrogen-bond acceptors (Lipinski definition) is 7. The molecule has 2 aromatic rings. The second-order valence-corrected chi connectivity index (χ2v) is 6.27. The van der Waals surface area contributed by atoms with Crippen LogP contribution in [0.25, 0.3) is 0 Å². The maximum absolute atomic E-state index is 5.75. The van der Waals surface area contributed by atoms with Crippen LogP contribution in [-0.4, -0.2) is 31.4 Å². The van der Waals surface area contributed by atoms with Crippen LogP contribution in [0.2, 0.25) is 0 Å². The molecule has 0 bridgehead atoms. The SMILES string of the molecule is COc1ccc(CN)c(Sc2nnc(N(C)C)s2)c1. The van der Waals surface area contributed by atoms with E-state index in [9.17, 15) is 0 Å². The summed E-state index contributed by atoms with van der Waals surface area (Å²) in [5, 5.41) is 9.18. The van der Waals surface area contributed by atoms with Crippen molar-refractivity contribution in [3.63, 3.8) is 0 Å². The van der Waals surface area contributed by atoms with Gasteiger partial charge < -0.3 is 15.4 Å². The minimum atomic E-state index is 0.492. The van der Waals surface area contributed by atoms with Gasteiger partial charge in [0.2, 0.25) is 5.13 Å². The van der Waals surface area contributed by atoms with Crippen LogP contribution in [0.1, 0.15) is 5.56 Å². The summed E-state index contributed by atoms with van der Waals surface area (Å²) in [6.45, 7) is 0.492. The lowest BCUT2D eigenvalue weighted by Gasteiger charge is -2.08. The molecule has 0 aliphatic heterocycles. The molecule has 0 unspecified atom stereocenters. The third-order valence-electron chi connectivity index (χ3n) is 2.47. The summed E-state index contributed by atoms with van der Waals surface area (Å²) < 4.78 is 6.14. The first-order valence-corrected chi connectivity index (χ1v) is 7.33. The number of nitrogens with two attached hydrogens (primary N) is 1. The molecule has 1 heterocycles. The fourth-order valence-corrected chi connectivity index (χ4v) is 3.33. The molecule has 0 saturated carbocycles. The van der Waals surface area contributed by atoms with E-state index in [4.69, 9.17) is 10.5 Å². The Hall–Kier alpha value is -1.31. The zero-order valence-corrected chi connectivity index (χ0v) is 12.7. The molecular formula is C12H16N4OS2. The molecule has 0 spiro atoms. The van der Waals surface area contributed by atoms with Crippen LogP contribution in [0, 0.1) is 0 Å². The van der Waals surface area contributed by atoms with Crippen molar-refractivity contribution in [2.45, 2.75) is 15.8 Å². The van der Waals surface area contributed by atoms with Gasteiger partial charge >= 0.3 is 0 Å². The Kier molecular flexibility index (Phi) is 4.62. The van der Waals surface area contributed by atoms with Crippen LogP contribution in [0.4, 0.5) is 5.13 Å². The molecule has 0 radical (unpaired) electrons. The number of rotatable bonds is 5. The zero-order chi connectivity index (χ0) is 13.8. The van der Waals surface area contributed by atoms with E-state index in [0.717, 1.165) is 25.7 Å². The van der Waals surface area contributed by atoms with Crippen molar-refractivity contribution in [3.05, 3.63) is 23.8 Å². The number of anilines is 1. The standard InChI is InChI=1S/C12H16N4OS2/c1-16(2)11-14-15-12(19-11)18-10-6-9(17-3)5-4-8(10)7-13/h4-6H,7,13H2,1-3H3. The highest BCUT2D eigenvalue weighted by molar-refractivity contribution is 8.01. The van der Waals surface area contributed by atoms with Crippen LogP contribution < -0.4 is 15.4 Å². The number of aromatic nitrogens is 2. The molecule has 0 fully saturated rings. The zero-order valence-electron chi connectivity index (χ0n) is 11.1. The van der Waals surface area contributed by atoms with Gasteiger partial charge in [0, 0.05) is 25.5 Å². The Morgan fingerprint density at radius 2 is 2.16 bits per heavy atom. The average Bonchev–Trinajstić information content (AvgIpc) is 2.87. The number of hydrogen-bond donors (Lipinski definition) is 1. The highest BCUT2D eigenvalue weighted by Gasteiger charge is 2.10. The first-order chi connectivity index (χ1) is 9.13. The minimum absolute atomic E-state index is 0.492. The topological polar surface area (TPSA) is 64.3 Å². The summed E-state index contributed by atoms with van der Waals surface area (Å²) in [5.74, 6) is 0.817. The minimum Gasteiger partial charge on any atom is -0.497 e. The molecule has 0 atom stereocenters. The lowest BCUT2D eigenvalue weighted by Crippen LogP contribution is -2.07. The largest absolute Gasteiger partial charge is 0.497 e. The molecule has 19 heavy (non-hydrogen) atoms. The Balaban J connectivity index is 2.25. The third kappa shape index (κ3) is 3.37. The summed E-state index contributed by atoms with van der Waals surface area (Å²) in [7, 11) is 5.55. The van der Waals surface area contributed by atoms with Crippen LogP contribution in [0.3, 0.4) is 0 Å². The van der Waals surface area contributed by atoms with E-state index in [2.05, 4.69) is 10.2 Å². The molecule has 102 valence electrons. The number of nitrogens with zero attached hydrogens (tertiary/aromatic N) is 3. The van der Waals surface area contributed by atoms with Crippen molar-refractivity contribution in [1.29, 1.82) is 0 Å². The van der Waals surface area contributed by atoms with Crippen LogP contribution in [0.5, 0.6) is 5.75 Å². The second-order valence-electron chi connectivity index (χ2n) is 4.02. The Bertz CT molecular complexity index is 556. The first-order valence-electron chi connectivity index (χ1n) is 5.69. The van der Waals surface area contributed by atoms with Gasteiger partial charge in [-0.2, -0.15) is 0 Å². The summed E-state index contributed by atoms with van der Waals surface area (Å²) in [6.07, 6.45) is 0. The molecule has 0 amide bonds. The normalized spacial score (nSPS) is 10.5. The fourth-order valence-electron chi connectivity index (χ4n) is 1.44. The van der Waals surface area contributed by atoms with Gasteiger partial charge in [0.1, 0.15) is 5.75 Å². The van der Waals surface area contributed by atoms with Gasteiger partial charge in [0.25, 0.3) is 0 Å². The van der Waals surface area contributed by atoms with Crippen molar-refractivity contribution in [1.82, 2.24) is 10.2 Å². The number of methoxy groups -OCH3 is 1. The lowest BCUT2D eigenvalue weighted by atomic mass is 10.2. The van der Waals surface area contributed by atoms with Gasteiger partial charge in [-0.1, -0.05) is 29.2 Å². The van der Waals surface area contributed by atoms with Crippen molar-refractivity contribution >= 4 is 28.2 Å². The van der Waals surface area contributed by atoms with E-state index in [1.165, 1.54) is 0 Å². The smallest absolute Gasteiger partial charge is 0.208 e. The van der Waals surface area contributed by atoms with Gasteiger partial charge in [0.15, 0.2) is 4.34 Å². The van der Waals surface area contributed by atoms with E-state index in [1.807, 2.05) is 37.2 Å². The van der Waals surface area contributed by atoms with Gasteiger partial charge in [-0.05, 0) is 17.7 Å². The molecule has 2 N–H and O–H groups in total. The quantitative estimate of drug-likeness (QED) is 0.913. The maximum atomic E-state index is 5.75. The molecule has 0 aliphatic rings. The van der Waals surface area contributed by atoms with Crippen LogP contribution >= 0.6 is 23.1 Å². The predicted octanol–water partition coefficient (Wildman–Crippen LogP) is 2.22. The van der Waals surface area contributed by atoms with E-state index >= 15 is 0 Å². The summed E-state index contributed by atoms with van der Waals surface area (Å²) in [5.41, 5.74) is 6.83. The van der Waals surface area contributed by atoms with Crippen LogP contribution in [0.15, 0.2) is 27.4 Å². The molecule has 5 nitrogen and oxygen atoms in total. The highest BCUT2D eigenvalue weighted by Crippen LogP contribution is 2.36.